The number of aromatic nitrogens is 2. The molecule has 0 bridgehead atoms. The van der Waals surface area contributed by atoms with E-state index in [0.717, 1.165) is 23.4 Å². The van der Waals surface area contributed by atoms with Gasteiger partial charge in [-0.25, -0.2) is 4.98 Å². The number of H-pyrrole nitrogens is 1. The van der Waals surface area contributed by atoms with E-state index in [2.05, 4.69) is 22.2 Å². The third-order valence-electron chi connectivity index (χ3n) is 4.31. The number of nitrogens with two attached hydrogens (primary N) is 1. The molecule has 0 saturated heterocycles. The summed E-state index contributed by atoms with van der Waals surface area (Å²) in [6.07, 6.45) is 6.37. The van der Waals surface area contributed by atoms with Crippen molar-refractivity contribution in [1.29, 1.82) is 0 Å². The molecule has 5 heteroatoms. The van der Waals surface area contributed by atoms with Gasteiger partial charge in [0.1, 0.15) is 0 Å². The maximum absolute atomic E-state index is 12.5. The molecule has 0 unspecified atom stereocenters. The van der Waals surface area contributed by atoms with E-state index in [1.165, 1.54) is 24.8 Å². The highest BCUT2D eigenvalue weighted by Crippen LogP contribution is 2.22. The first-order valence-electron chi connectivity index (χ1n) is 8.97. The molecule has 3 rings (SSSR count). The Bertz CT molecular complexity index is 868. The number of hydrogen-bond acceptors (Lipinski definition) is 3. The predicted molar refractivity (Wildman–Crippen MR) is 106 cm³/mol. The number of nitrogens with one attached hydrogen (secondary N) is 2. The number of unbranched alkanes of at least 4 members (excludes halogenated alkanes) is 2. The van der Waals surface area contributed by atoms with E-state index in [1.54, 1.807) is 6.20 Å². The van der Waals surface area contributed by atoms with E-state index >= 15 is 0 Å². The van der Waals surface area contributed by atoms with E-state index in [1.807, 2.05) is 48.5 Å². The molecule has 26 heavy (non-hydrogen) atoms. The van der Waals surface area contributed by atoms with Crippen molar-refractivity contribution < 1.29 is 4.79 Å². The van der Waals surface area contributed by atoms with Crippen LogP contribution < -0.4 is 11.1 Å². The number of imidazole rings is 1. The first-order chi connectivity index (χ1) is 12.7. The number of rotatable bonds is 7. The van der Waals surface area contributed by atoms with Crippen molar-refractivity contribution in [1.82, 2.24) is 9.97 Å². The Morgan fingerprint density at radius 1 is 1.15 bits per heavy atom. The van der Waals surface area contributed by atoms with Gasteiger partial charge in [0, 0.05) is 16.8 Å². The number of benzene rings is 2. The summed E-state index contributed by atoms with van der Waals surface area (Å²) in [5, 5.41) is 2.94. The summed E-state index contributed by atoms with van der Waals surface area (Å²) in [4.78, 5) is 19.5. The number of carbonyl (C=O) groups excluding carboxylic acids is 1. The molecule has 1 heterocycles. The maximum Gasteiger partial charge on any atom is 0.255 e. The fourth-order valence-electron chi connectivity index (χ4n) is 2.85. The third kappa shape index (κ3) is 4.51. The van der Waals surface area contributed by atoms with Gasteiger partial charge in [-0.3, -0.25) is 4.79 Å². The van der Waals surface area contributed by atoms with Crippen molar-refractivity contribution in [2.45, 2.75) is 32.6 Å². The Morgan fingerprint density at radius 3 is 2.65 bits per heavy atom. The molecule has 0 aliphatic rings. The summed E-state index contributed by atoms with van der Waals surface area (Å²) in [5.74, 6) is 0.250. The molecule has 1 amide bonds. The SMILES string of the molecule is CCCCCc1ccc(C(=O)Nc2cccc(-c3cnc(N)[nH]3)c2)cc1. The number of nitrogens with zero attached hydrogens (tertiary/aromatic N) is 1. The first-order valence-corrected chi connectivity index (χ1v) is 8.97. The minimum absolute atomic E-state index is 0.119. The normalized spacial score (nSPS) is 10.7. The van der Waals surface area contributed by atoms with Gasteiger partial charge in [-0.15, -0.1) is 0 Å². The number of anilines is 2. The van der Waals surface area contributed by atoms with Gasteiger partial charge in [-0.05, 0) is 42.7 Å². The lowest BCUT2D eigenvalue weighted by molar-refractivity contribution is 0.102. The lowest BCUT2D eigenvalue weighted by Gasteiger charge is -2.08. The fourth-order valence-corrected chi connectivity index (χ4v) is 2.85. The standard InChI is InChI=1S/C21H24N4O/c1-2-3-4-6-15-9-11-16(12-10-15)20(26)24-18-8-5-7-17(13-18)19-14-23-21(22)25-19/h5,7-14H,2-4,6H2,1H3,(H,24,26)(H3,22,23,25). The highest BCUT2D eigenvalue weighted by atomic mass is 16.1. The summed E-state index contributed by atoms with van der Waals surface area (Å²) in [6.45, 7) is 2.20. The van der Waals surface area contributed by atoms with E-state index in [9.17, 15) is 4.79 Å². The molecule has 5 nitrogen and oxygen atoms in total. The molecule has 0 radical (unpaired) electrons. The van der Waals surface area contributed by atoms with Crippen LogP contribution in [0.1, 0.15) is 42.1 Å². The van der Waals surface area contributed by atoms with Gasteiger partial charge in [-0.1, -0.05) is 44.0 Å². The Kier molecular flexibility index (Phi) is 5.69. The lowest BCUT2D eigenvalue weighted by atomic mass is 10.0. The van der Waals surface area contributed by atoms with Crippen molar-refractivity contribution in [3.63, 3.8) is 0 Å². The second-order valence-electron chi connectivity index (χ2n) is 6.37. The lowest BCUT2D eigenvalue weighted by Crippen LogP contribution is -2.11. The van der Waals surface area contributed by atoms with E-state index in [0.29, 0.717) is 11.5 Å². The number of nitrogen functional groups attached to an aromatic ring is 1. The predicted octanol–water partition coefficient (Wildman–Crippen LogP) is 4.64. The average molecular weight is 348 g/mol. The number of carbonyl (C=O) groups is 1. The third-order valence-corrected chi connectivity index (χ3v) is 4.31. The number of hydrogen-bond donors (Lipinski definition) is 3. The molecule has 3 aromatic rings. The van der Waals surface area contributed by atoms with Gasteiger partial charge in [0.05, 0.1) is 11.9 Å². The van der Waals surface area contributed by atoms with E-state index in [4.69, 9.17) is 5.73 Å². The van der Waals surface area contributed by atoms with Gasteiger partial charge in [0.15, 0.2) is 5.95 Å². The molecule has 0 spiro atoms. The topological polar surface area (TPSA) is 83.8 Å². The highest BCUT2D eigenvalue weighted by molar-refractivity contribution is 6.04. The smallest absolute Gasteiger partial charge is 0.255 e. The van der Waals surface area contributed by atoms with E-state index in [-0.39, 0.29) is 5.91 Å². The Hall–Kier alpha value is -3.08. The van der Waals surface area contributed by atoms with Crippen LogP contribution in [0.3, 0.4) is 0 Å². The van der Waals surface area contributed by atoms with Crippen LogP contribution in [0.4, 0.5) is 11.6 Å². The minimum atomic E-state index is -0.119. The quantitative estimate of drug-likeness (QED) is 0.544. The van der Waals surface area contributed by atoms with Crippen molar-refractivity contribution in [2.75, 3.05) is 11.1 Å². The van der Waals surface area contributed by atoms with Crippen LogP contribution in [0.15, 0.2) is 54.7 Å². The van der Waals surface area contributed by atoms with Crippen LogP contribution in [-0.4, -0.2) is 15.9 Å². The zero-order valence-corrected chi connectivity index (χ0v) is 15.0. The number of amides is 1. The summed E-state index contributed by atoms with van der Waals surface area (Å²) in [7, 11) is 0. The van der Waals surface area contributed by atoms with Crippen molar-refractivity contribution in [2.24, 2.45) is 0 Å². The fraction of sp³-hybridized carbons (Fsp3) is 0.238. The van der Waals surface area contributed by atoms with Gasteiger partial charge >= 0.3 is 0 Å². The first kappa shape index (κ1) is 17.7. The van der Waals surface area contributed by atoms with Crippen LogP contribution in [0.5, 0.6) is 0 Å². The van der Waals surface area contributed by atoms with Crippen molar-refractivity contribution >= 4 is 17.5 Å². The summed E-state index contributed by atoms with van der Waals surface area (Å²) < 4.78 is 0. The van der Waals surface area contributed by atoms with Crippen molar-refractivity contribution in [3.8, 4) is 11.3 Å². The number of aromatic amines is 1. The highest BCUT2D eigenvalue weighted by Gasteiger charge is 2.08. The van der Waals surface area contributed by atoms with Gasteiger partial charge in [0.2, 0.25) is 0 Å². The minimum Gasteiger partial charge on any atom is -0.369 e. The van der Waals surface area contributed by atoms with Crippen LogP contribution in [0, 0.1) is 0 Å². The molecule has 0 fully saturated rings. The molecule has 0 aliphatic heterocycles. The monoisotopic (exact) mass is 348 g/mol. The zero-order valence-electron chi connectivity index (χ0n) is 15.0. The zero-order chi connectivity index (χ0) is 18.4. The average Bonchev–Trinajstić information content (AvgIpc) is 3.09. The van der Waals surface area contributed by atoms with Crippen LogP contribution in [0.25, 0.3) is 11.3 Å². The maximum atomic E-state index is 12.5. The van der Waals surface area contributed by atoms with Crippen LogP contribution >= 0.6 is 0 Å². The second kappa shape index (κ2) is 8.34. The molecular formula is C21H24N4O. The second-order valence-corrected chi connectivity index (χ2v) is 6.37. The Morgan fingerprint density at radius 2 is 1.96 bits per heavy atom. The van der Waals surface area contributed by atoms with Gasteiger partial charge in [-0.2, -0.15) is 0 Å². The molecule has 4 N–H and O–H groups in total. The molecule has 0 atom stereocenters. The summed E-state index contributed by atoms with van der Waals surface area (Å²) in [5.41, 5.74) is 10.0. The molecule has 1 aromatic heterocycles. The largest absolute Gasteiger partial charge is 0.369 e. The number of aryl methyl sites for hydroxylation is 1. The molecule has 134 valence electrons. The van der Waals surface area contributed by atoms with Gasteiger partial charge in [0.25, 0.3) is 5.91 Å². The molecular weight excluding hydrogens is 324 g/mol. The Balaban J connectivity index is 1.66. The van der Waals surface area contributed by atoms with E-state index < -0.39 is 0 Å². The van der Waals surface area contributed by atoms with Gasteiger partial charge < -0.3 is 16.0 Å². The Labute approximate surface area is 153 Å². The molecule has 2 aromatic carbocycles. The summed E-state index contributed by atoms with van der Waals surface area (Å²) >= 11 is 0. The summed E-state index contributed by atoms with van der Waals surface area (Å²) in [6, 6.07) is 15.4. The molecule has 0 saturated carbocycles. The van der Waals surface area contributed by atoms with Crippen LogP contribution in [0.2, 0.25) is 0 Å². The molecule has 0 aliphatic carbocycles. The van der Waals surface area contributed by atoms with Crippen molar-refractivity contribution in [3.05, 3.63) is 65.9 Å². The van der Waals surface area contributed by atoms with Crippen LogP contribution in [-0.2, 0) is 6.42 Å².